The van der Waals surface area contributed by atoms with Gasteiger partial charge < -0.3 is 10.3 Å². The van der Waals surface area contributed by atoms with Crippen LogP contribution in [0.2, 0.25) is 0 Å². The smallest absolute Gasteiger partial charge is 0.166 e. The Bertz CT molecular complexity index is 687. The molecule has 1 saturated carbocycles. The molecule has 1 aromatic carbocycles. The third-order valence-corrected chi connectivity index (χ3v) is 5.44. The van der Waals surface area contributed by atoms with Crippen LogP contribution < -0.4 is 5.32 Å². The molecule has 4 nitrogen and oxygen atoms in total. The number of aromatic amines is 1. The first kappa shape index (κ1) is 14.4. The average molecular weight is 300 g/mol. The number of aromatic nitrogens is 2. The van der Waals surface area contributed by atoms with Gasteiger partial charge in [-0.2, -0.15) is 5.26 Å². The van der Waals surface area contributed by atoms with Gasteiger partial charge in [0, 0.05) is 5.25 Å². The van der Waals surface area contributed by atoms with E-state index >= 15 is 0 Å². The topological polar surface area (TPSA) is 64.5 Å². The van der Waals surface area contributed by atoms with Crippen molar-refractivity contribution in [1.29, 1.82) is 5.26 Å². The maximum atomic E-state index is 9.43. The van der Waals surface area contributed by atoms with Gasteiger partial charge in [0.2, 0.25) is 0 Å². The fourth-order valence-electron chi connectivity index (χ4n) is 3.02. The molecule has 0 radical (unpaired) electrons. The second kappa shape index (κ2) is 5.70. The number of thioether (sulfide) groups is 1. The number of nitrogens with zero attached hydrogens (tertiary/aromatic N) is 2. The first-order valence-corrected chi connectivity index (χ1v) is 8.25. The van der Waals surface area contributed by atoms with Crippen molar-refractivity contribution in [3.63, 3.8) is 0 Å². The zero-order valence-electron chi connectivity index (χ0n) is 12.4. The molecule has 5 heteroatoms. The van der Waals surface area contributed by atoms with Crippen LogP contribution in [0.15, 0.2) is 23.4 Å². The lowest BCUT2D eigenvalue weighted by atomic mass is 9.83. The molecule has 2 aromatic rings. The van der Waals surface area contributed by atoms with Crippen LogP contribution in [0.1, 0.15) is 31.2 Å². The van der Waals surface area contributed by atoms with Crippen LogP contribution >= 0.6 is 11.8 Å². The lowest BCUT2D eigenvalue weighted by Crippen LogP contribution is -2.46. The number of hydrogen-bond acceptors (Lipinski definition) is 4. The van der Waals surface area contributed by atoms with E-state index < -0.39 is 0 Å². The minimum Gasteiger partial charge on any atom is -0.333 e. The van der Waals surface area contributed by atoms with E-state index in [0.717, 1.165) is 41.9 Å². The maximum Gasteiger partial charge on any atom is 0.166 e. The molecular formula is C16H20N4S. The summed E-state index contributed by atoms with van der Waals surface area (Å²) in [5.41, 5.74) is 2.98. The van der Waals surface area contributed by atoms with Gasteiger partial charge in [-0.05, 0) is 57.4 Å². The van der Waals surface area contributed by atoms with Gasteiger partial charge in [-0.15, -0.1) is 0 Å². The van der Waals surface area contributed by atoms with Crippen LogP contribution in [0.25, 0.3) is 11.0 Å². The Morgan fingerprint density at radius 2 is 2.38 bits per heavy atom. The molecule has 2 atom stereocenters. The monoisotopic (exact) mass is 300 g/mol. The summed E-state index contributed by atoms with van der Waals surface area (Å²) < 4.78 is 0. The Hall–Kier alpha value is -1.51. The van der Waals surface area contributed by atoms with E-state index in [1.54, 1.807) is 11.8 Å². The van der Waals surface area contributed by atoms with Gasteiger partial charge in [0.05, 0.1) is 17.1 Å². The molecule has 0 aliphatic heterocycles. The lowest BCUT2D eigenvalue weighted by molar-refractivity contribution is 0.323. The normalized spacial score (nSPS) is 25.9. The van der Waals surface area contributed by atoms with Gasteiger partial charge in [-0.25, -0.2) is 4.98 Å². The van der Waals surface area contributed by atoms with Crippen molar-refractivity contribution < 1.29 is 0 Å². The van der Waals surface area contributed by atoms with E-state index in [0.29, 0.717) is 5.25 Å². The Kier molecular flexibility index (Phi) is 3.92. The zero-order valence-corrected chi connectivity index (χ0v) is 13.3. The van der Waals surface area contributed by atoms with Crippen LogP contribution in [0.5, 0.6) is 0 Å². The summed E-state index contributed by atoms with van der Waals surface area (Å²) in [6.07, 6.45) is 4.05. The van der Waals surface area contributed by atoms with Crippen LogP contribution in [0, 0.1) is 18.3 Å². The number of rotatable bonds is 3. The number of imidazole rings is 1. The Morgan fingerprint density at radius 1 is 1.52 bits per heavy atom. The third kappa shape index (κ3) is 2.92. The second-order valence-corrected chi connectivity index (χ2v) is 7.13. The SMILES string of the molecule is CNC1(C#N)CCCC(Sc2nc3ccc(C)cc3[nH]2)C1. The molecule has 1 aromatic heterocycles. The van der Waals surface area contributed by atoms with Crippen molar-refractivity contribution in [3.05, 3.63) is 23.8 Å². The summed E-state index contributed by atoms with van der Waals surface area (Å²) in [5.74, 6) is 0. The quantitative estimate of drug-likeness (QED) is 0.912. The van der Waals surface area contributed by atoms with Gasteiger partial charge in [0.1, 0.15) is 5.54 Å². The molecule has 0 spiro atoms. The number of H-pyrrole nitrogens is 1. The fourth-order valence-corrected chi connectivity index (χ4v) is 4.31. The van der Waals surface area contributed by atoms with Gasteiger partial charge >= 0.3 is 0 Å². The van der Waals surface area contributed by atoms with Crippen LogP contribution in [0.4, 0.5) is 0 Å². The Labute approximate surface area is 129 Å². The van der Waals surface area contributed by atoms with Crippen molar-refractivity contribution in [2.75, 3.05) is 7.05 Å². The summed E-state index contributed by atoms with van der Waals surface area (Å²) in [7, 11) is 1.89. The summed E-state index contributed by atoms with van der Waals surface area (Å²) in [6, 6.07) is 8.73. The molecule has 0 bridgehead atoms. The first-order valence-electron chi connectivity index (χ1n) is 7.37. The number of aryl methyl sites for hydroxylation is 1. The minimum absolute atomic E-state index is 0.363. The lowest BCUT2D eigenvalue weighted by Gasteiger charge is -2.34. The molecule has 1 aliphatic carbocycles. The molecule has 1 aliphatic rings. The summed E-state index contributed by atoms with van der Waals surface area (Å²) in [6.45, 7) is 2.09. The standard InChI is InChI=1S/C16H20N4S/c1-11-5-6-13-14(8-11)20-15(19-13)21-12-4-3-7-16(9-12,10-17)18-2/h5-6,8,12,18H,3-4,7,9H2,1-2H3,(H,19,20). The third-order valence-electron chi connectivity index (χ3n) is 4.29. The van der Waals surface area contributed by atoms with Crippen LogP contribution in [0.3, 0.4) is 0 Å². The summed E-state index contributed by atoms with van der Waals surface area (Å²) in [5, 5.41) is 14.0. The predicted molar refractivity (Wildman–Crippen MR) is 86.3 cm³/mol. The minimum atomic E-state index is -0.363. The second-order valence-electron chi connectivity index (χ2n) is 5.84. The molecule has 2 unspecified atom stereocenters. The van der Waals surface area contributed by atoms with Gasteiger partial charge in [0.15, 0.2) is 5.16 Å². The summed E-state index contributed by atoms with van der Waals surface area (Å²) in [4.78, 5) is 8.05. The number of nitriles is 1. The molecule has 1 fully saturated rings. The Balaban J connectivity index is 1.77. The average Bonchev–Trinajstić information content (AvgIpc) is 2.88. The Morgan fingerprint density at radius 3 is 3.14 bits per heavy atom. The van der Waals surface area contributed by atoms with E-state index in [1.165, 1.54) is 5.56 Å². The fraction of sp³-hybridized carbons (Fsp3) is 0.500. The number of hydrogen-bond donors (Lipinski definition) is 2. The van der Waals surface area contributed by atoms with E-state index in [9.17, 15) is 5.26 Å². The largest absolute Gasteiger partial charge is 0.333 e. The molecule has 2 N–H and O–H groups in total. The highest BCUT2D eigenvalue weighted by Gasteiger charge is 2.35. The van der Waals surface area contributed by atoms with Gasteiger partial charge in [-0.3, -0.25) is 0 Å². The molecule has 110 valence electrons. The molecular weight excluding hydrogens is 280 g/mol. The van der Waals surface area contributed by atoms with Crippen molar-refractivity contribution in [2.24, 2.45) is 0 Å². The number of benzene rings is 1. The van der Waals surface area contributed by atoms with Gasteiger partial charge in [-0.1, -0.05) is 17.8 Å². The molecule has 3 rings (SSSR count). The van der Waals surface area contributed by atoms with Crippen molar-refractivity contribution in [2.45, 2.75) is 48.6 Å². The zero-order chi connectivity index (χ0) is 14.9. The molecule has 1 heterocycles. The van der Waals surface area contributed by atoms with E-state index in [4.69, 9.17) is 0 Å². The van der Waals surface area contributed by atoms with Crippen LogP contribution in [-0.4, -0.2) is 27.8 Å². The van der Waals surface area contributed by atoms with Gasteiger partial charge in [0.25, 0.3) is 0 Å². The molecule has 0 saturated heterocycles. The molecule has 0 amide bonds. The predicted octanol–water partition coefficient (Wildman–Crippen LogP) is 3.39. The highest BCUT2D eigenvalue weighted by Crippen LogP contribution is 2.37. The van der Waals surface area contributed by atoms with E-state index in [-0.39, 0.29) is 5.54 Å². The van der Waals surface area contributed by atoms with Crippen molar-refractivity contribution >= 4 is 22.8 Å². The summed E-state index contributed by atoms with van der Waals surface area (Å²) >= 11 is 1.77. The van der Waals surface area contributed by atoms with Crippen molar-refractivity contribution in [1.82, 2.24) is 15.3 Å². The highest BCUT2D eigenvalue weighted by molar-refractivity contribution is 7.99. The van der Waals surface area contributed by atoms with Crippen molar-refractivity contribution in [3.8, 4) is 6.07 Å². The van der Waals surface area contributed by atoms with Crippen LogP contribution in [-0.2, 0) is 0 Å². The maximum absolute atomic E-state index is 9.43. The van der Waals surface area contributed by atoms with E-state index in [1.807, 2.05) is 7.05 Å². The molecule has 21 heavy (non-hydrogen) atoms. The number of nitrogens with one attached hydrogen (secondary N) is 2. The first-order chi connectivity index (χ1) is 10.1. The number of fused-ring (bicyclic) bond motifs is 1. The highest BCUT2D eigenvalue weighted by atomic mass is 32.2. The van der Waals surface area contributed by atoms with E-state index in [2.05, 4.69) is 46.5 Å².